The SMILES string of the molecule is CCOc1ccc(Cc2cc([C@H]3[C@H](O)[C@@H](O)C(O)[C@@H](CO)N3C)ccc2Cl)cc1. The van der Waals surface area contributed by atoms with Crippen LogP contribution in [0.1, 0.15) is 29.7 Å². The lowest BCUT2D eigenvalue weighted by atomic mass is 9.84. The van der Waals surface area contributed by atoms with E-state index < -0.39 is 30.4 Å². The lowest BCUT2D eigenvalue weighted by Gasteiger charge is -2.47. The summed E-state index contributed by atoms with van der Waals surface area (Å²) in [5, 5.41) is 41.2. The van der Waals surface area contributed by atoms with Gasteiger partial charge in [0.25, 0.3) is 0 Å². The third-order valence-electron chi connectivity index (χ3n) is 5.61. The summed E-state index contributed by atoms with van der Waals surface area (Å²) < 4.78 is 5.47. The molecule has 29 heavy (non-hydrogen) atoms. The summed E-state index contributed by atoms with van der Waals surface area (Å²) in [7, 11) is 1.71. The fourth-order valence-electron chi connectivity index (χ4n) is 3.98. The van der Waals surface area contributed by atoms with Crippen molar-refractivity contribution in [3.63, 3.8) is 0 Å². The van der Waals surface area contributed by atoms with Gasteiger partial charge in [0.1, 0.15) is 24.1 Å². The van der Waals surface area contributed by atoms with Gasteiger partial charge in [-0.15, -0.1) is 0 Å². The Kier molecular flexibility index (Phi) is 7.16. The molecule has 0 aromatic heterocycles. The monoisotopic (exact) mass is 421 g/mol. The van der Waals surface area contributed by atoms with E-state index in [1.165, 1.54) is 0 Å². The van der Waals surface area contributed by atoms with Gasteiger partial charge in [0.15, 0.2) is 0 Å². The molecule has 158 valence electrons. The van der Waals surface area contributed by atoms with Crippen molar-refractivity contribution in [1.29, 1.82) is 0 Å². The van der Waals surface area contributed by atoms with Crippen LogP contribution < -0.4 is 4.74 Å². The third-order valence-corrected chi connectivity index (χ3v) is 5.98. The number of halogens is 1. The predicted molar refractivity (Wildman–Crippen MR) is 111 cm³/mol. The van der Waals surface area contributed by atoms with E-state index in [-0.39, 0.29) is 6.61 Å². The van der Waals surface area contributed by atoms with Crippen molar-refractivity contribution < 1.29 is 25.2 Å². The van der Waals surface area contributed by atoms with Gasteiger partial charge in [0, 0.05) is 5.02 Å². The number of nitrogens with zero attached hydrogens (tertiary/aromatic N) is 1. The molecule has 3 rings (SSSR count). The summed E-state index contributed by atoms with van der Waals surface area (Å²) in [5.74, 6) is 0.811. The van der Waals surface area contributed by atoms with E-state index in [0.717, 1.165) is 22.4 Å². The van der Waals surface area contributed by atoms with Gasteiger partial charge in [-0.05, 0) is 55.3 Å². The molecule has 0 bridgehead atoms. The molecule has 0 aliphatic carbocycles. The van der Waals surface area contributed by atoms with Crippen LogP contribution in [0.4, 0.5) is 0 Å². The van der Waals surface area contributed by atoms with Crippen LogP contribution >= 0.6 is 11.6 Å². The topological polar surface area (TPSA) is 93.4 Å². The number of likely N-dealkylation sites (N-methyl/N-ethyl adjacent to an activating group) is 1. The lowest BCUT2D eigenvalue weighted by molar-refractivity contribution is -0.166. The van der Waals surface area contributed by atoms with E-state index in [9.17, 15) is 20.4 Å². The molecule has 1 heterocycles. The predicted octanol–water partition coefficient (Wildman–Crippen LogP) is 1.76. The zero-order valence-corrected chi connectivity index (χ0v) is 17.3. The highest BCUT2D eigenvalue weighted by Gasteiger charge is 2.46. The molecule has 1 aliphatic heterocycles. The molecule has 0 radical (unpaired) electrons. The minimum atomic E-state index is -1.35. The first-order valence-electron chi connectivity index (χ1n) is 9.74. The van der Waals surface area contributed by atoms with E-state index in [0.29, 0.717) is 18.1 Å². The number of hydrogen-bond donors (Lipinski definition) is 4. The standard InChI is InChI=1S/C22H28ClNO5/c1-3-29-16-7-4-13(5-8-16)10-15-11-14(6-9-17(15)23)19-21(27)22(28)20(26)18(12-25)24(19)2/h4-9,11,18-22,25-28H,3,10,12H2,1-2H3/t18-,19+,20?,21+,22+/m1/s1. The van der Waals surface area contributed by atoms with Gasteiger partial charge in [-0.3, -0.25) is 4.90 Å². The Morgan fingerprint density at radius 2 is 1.69 bits per heavy atom. The van der Waals surface area contributed by atoms with Crippen molar-refractivity contribution in [3.05, 3.63) is 64.2 Å². The summed E-state index contributed by atoms with van der Waals surface area (Å²) in [5.41, 5.74) is 2.71. The highest BCUT2D eigenvalue weighted by molar-refractivity contribution is 6.31. The molecular formula is C22H28ClNO5. The number of ether oxygens (including phenoxy) is 1. The zero-order chi connectivity index (χ0) is 21.1. The van der Waals surface area contributed by atoms with E-state index >= 15 is 0 Å². The average molecular weight is 422 g/mol. The molecule has 1 aliphatic rings. The number of hydrogen-bond acceptors (Lipinski definition) is 6. The summed E-state index contributed by atoms with van der Waals surface area (Å²) >= 11 is 6.42. The van der Waals surface area contributed by atoms with Crippen LogP contribution in [0.2, 0.25) is 5.02 Å². The molecule has 5 atom stereocenters. The van der Waals surface area contributed by atoms with E-state index in [2.05, 4.69) is 0 Å². The second-order valence-corrected chi connectivity index (χ2v) is 7.84. The van der Waals surface area contributed by atoms with Gasteiger partial charge in [-0.1, -0.05) is 35.9 Å². The number of piperidine rings is 1. The van der Waals surface area contributed by atoms with Crippen LogP contribution in [0.5, 0.6) is 5.75 Å². The summed E-state index contributed by atoms with van der Waals surface area (Å²) in [6.07, 6.45) is -3.18. The van der Waals surface area contributed by atoms with Gasteiger partial charge in [-0.25, -0.2) is 0 Å². The molecule has 7 heteroatoms. The zero-order valence-electron chi connectivity index (χ0n) is 16.6. The van der Waals surface area contributed by atoms with Crippen molar-refractivity contribution in [2.75, 3.05) is 20.3 Å². The molecule has 1 saturated heterocycles. The second-order valence-electron chi connectivity index (χ2n) is 7.44. The van der Waals surface area contributed by atoms with E-state index in [1.807, 2.05) is 37.3 Å². The molecular weight excluding hydrogens is 394 g/mol. The van der Waals surface area contributed by atoms with Crippen molar-refractivity contribution >= 4 is 11.6 Å². The molecule has 2 aromatic carbocycles. The quantitative estimate of drug-likeness (QED) is 0.568. The Morgan fingerprint density at radius 1 is 1.00 bits per heavy atom. The maximum absolute atomic E-state index is 10.6. The van der Waals surface area contributed by atoms with Gasteiger partial charge in [0.05, 0.1) is 25.3 Å². The van der Waals surface area contributed by atoms with Crippen LogP contribution in [0.15, 0.2) is 42.5 Å². The number of aliphatic hydroxyl groups excluding tert-OH is 4. The van der Waals surface area contributed by atoms with Crippen LogP contribution in [-0.2, 0) is 6.42 Å². The molecule has 1 fully saturated rings. The Hall–Kier alpha value is -1.67. The van der Waals surface area contributed by atoms with Crippen LogP contribution in [0.25, 0.3) is 0 Å². The molecule has 4 N–H and O–H groups in total. The Labute approximate surface area is 175 Å². The summed E-state index contributed by atoms with van der Waals surface area (Å²) in [6.45, 7) is 2.22. The van der Waals surface area contributed by atoms with Gasteiger partial charge < -0.3 is 25.2 Å². The minimum absolute atomic E-state index is 0.329. The smallest absolute Gasteiger partial charge is 0.119 e. The first-order valence-corrected chi connectivity index (χ1v) is 10.1. The molecule has 0 amide bonds. The van der Waals surface area contributed by atoms with Gasteiger partial charge >= 0.3 is 0 Å². The normalized spacial score (nSPS) is 27.8. The Bertz CT molecular complexity index is 815. The number of aliphatic hydroxyl groups is 4. The fraction of sp³-hybridized carbons (Fsp3) is 0.455. The first-order chi connectivity index (χ1) is 13.9. The van der Waals surface area contributed by atoms with Crippen molar-refractivity contribution in [3.8, 4) is 5.75 Å². The van der Waals surface area contributed by atoms with Crippen molar-refractivity contribution in [2.24, 2.45) is 0 Å². The highest BCUT2D eigenvalue weighted by atomic mass is 35.5. The van der Waals surface area contributed by atoms with Gasteiger partial charge in [0.2, 0.25) is 0 Å². The fourth-order valence-corrected chi connectivity index (χ4v) is 4.16. The maximum atomic E-state index is 10.6. The van der Waals surface area contributed by atoms with Crippen LogP contribution in [-0.4, -0.2) is 69.9 Å². The summed E-state index contributed by atoms with van der Waals surface area (Å²) in [6, 6.07) is 12.0. The van der Waals surface area contributed by atoms with E-state index in [4.69, 9.17) is 16.3 Å². The molecule has 6 nitrogen and oxygen atoms in total. The molecule has 0 spiro atoms. The lowest BCUT2D eigenvalue weighted by Crippen LogP contribution is -2.62. The average Bonchev–Trinajstić information content (AvgIpc) is 2.71. The summed E-state index contributed by atoms with van der Waals surface area (Å²) in [4.78, 5) is 1.70. The highest BCUT2D eigenvalue weighted by Crippen LogP contribution is 2.35. The molecule has 1 unspecified atom stereocenters. The van der Waals surface area contributed by atoms with Crippen molar-refractivity contribution in [1.82, 2.24) is 4.90 Å². The number of benzene rings is 2. The van der Waals surface area contributed by atoms with Crippen LogP contribution in [0, 0.1) is 0 Å². The third kappa shape index (κ3) is 4.58. The van der Waals surface area contributed by atoms with Gasteiger partial charge in [-0.2, -0.15) is 0 Å². The van der Waals surface area contributed by atoms with Crippen LogP contribution in [0.3, 0.4) is 0 Å². The Balaban J connectivity index is 1.87. The first kappa shape index (κ1) is 22.0. The molecule has 0 saturated carbocycles. The van der Waals surface area contributed by atoms with Crippen molar-refractivity contribution in [2.45, 2.75) is 43.7 Å². The number of likely N-dealkylation sites (tertiary alicyclic amines) is 1. The Morgan fingerprint density at radius 3 is 2.31 bits per heavy atom. The molecule has 2 aromatic rings. The van der Waals surface area contributed by atoms with E-state index in [1.54, 1.807) is 24.1 Å². The number of rotatable bonds is 6. The second kappa shape index (κ2) is 9.43. The minimum Gasteiger partial charge on any atom is -0.494 e. The largest absolute Gasteiger partial charge is 0.494 e. The maximum Gasteiger partial charge on any atom is 0.119 e.